The van der Waals surface area contributed by atoms with E-state index in [1.165, 1.54) is 11.1 Å². The van der Waals surface area contributed by atoms with Gasteiger partial charge in [0.2, 0.25) is 5.91 Å². The number of carbonyl (C=O) groups excluding carboxylic acids is 1. The van der Waals surface area contributed by atoms with E-state index < -0.39 is 5.60 Å². The van der Waals surface area contributed by atoms with Crippen LogP contribution in [0, 0.1) is 41.4 Å². The zero-order valence-electron chi connectivity index (χ0n) is 29.4. The maximum Gasteiger partial charge on any atom is 0.224 e. The smallest absolute Gasteiger partial charge is 0.224 e. The molecule has 0 fully saturated rings. The SMILES string of the molecule is CC#CC[C@H](C(C)CC=C1C/N=C\[C@@H](CC)C=C(CC)[C@H]1C)C(O)(CCCN(C)C(=O)C(C)C)/C(C)=C/CC=C(C)NC. The molecule has 2 unspecified atom stereocenters. The molecule has 0 saturated heterocycles. The van der Waals surface area contributed by atoms with Crippen molar-refractivity contribution >= 4 is 12.1 Å². The molecule has 5 atom stereocenters. The van der Waals surface area contributed by atoms with Crippen LogP contribution in [0.1, 0.15) is 107 Å². The number of nitrogens with zero attached hydrogens (tertiary/aromatic N) is 2. The molecule has 0 aromatic heterocycles. The van der Waals surface area contributed by atoms with Crippen LogP contribution in [0.15, 0.2) is 51.7 Å². The van der Waals surface area contributed by atoms with Gasteiger partial charge in [-0.25, -0.2) is 0 Å². The first-order valence-corrected chi connectivity index (χ1v) is 16.6. The highest BCUT2D eigenvalue weighted by atomic mass is 16.3. The highest BCUT2D eigenvalue weighted by Crippen LogP contribution is 2.40. The number of nitrogens with one attached hydrogen (secondary N) is 1. The number of rotatable bonds is 16. The molecule has 0 aromatic carbocycles. The Morgan fingerprint density at radius 3 is 2.53 bits per heavy atom. The minimum absolute atomic E-state index is 0.0377. The third kappa shape index (κ3) is 12.1. The van der Waals surface area contributed by atoms with Crippen LogP contribution >= 0.6 is 0 Å². The van der Waals surface area contributed by atoms with Gasteiger partial charge in [0.15, 0.2) is 0 Å². The van der Waals surface area contributed by atoms with E-state index in [2.05, 4.69) is 82.3 Å². The van der Waals surface area contributed by atoms with Crippen molar-refractivity contribution in [2.45, 2.75) is 113 Å². The van der Waals surface area contributed by atoms with Gasteiger partial charge in [-0.1, -0.05) is 71.4 Å². The highest BCUT2D eigenvalue weighted by Gasteiger charge is 2.40. The fourth-order valence-corrected chi connectivity index (χ4v) is 6.08. The Balaban J connectivity index is 3.40. The molecule has 0 radical (unpaired) electrons. The molecule has 0 aliphatic carbocycles. The van der Waals surface area contributed by atoms with Gasteiger partial charge >= 0.3 is 0 Å². The zero-order chi connectivity index (χ0) is 32.6. The predicted molar refractivity (Wildman–Crippen MR) is 186 cm³/mol. The average Bonchev–Trinajstić information content (AvgIpc) is 2.98. The molecule has 0 saturated carbocycles. The number of allylic oxidation sites excluding steroid dienone is 6. The number of carbonyl (C=O) groups is 1. The van der Waals surface area contributed by atoms with Crippen molar-refractivity contribution in [3.05, 3.63) is 46.7 Å². The molecule has 5 nitrogen and oxygen atoms in total. The van der Waals surface area contributed by atoms with E-state index in [-0.39, 0.29) is 23.7 Å². The lowest BCUT2D eigenvalue weighted by atomic mass is 9.69. The van der Waals surface area contributed by atoms with Gasteiger partial charge in [-0.05, 0) is 82.3 Å². The molecule has 1 heterocycles. The lowest BCUT2D eigenvalue weighted by Crippen LogP contribution is -2.43. The van der Waals surface area contributed by atoms with E-state index in [1.54, 1.807) is 4.90 Å². The van der Waals surface area contributed by atoms with E-state index in [1.807, 2.05) is 41.8 Å². The van der Waals surface area contributed by atoms with E-state index in [0.29, 0.717) is 31.2 Å². The Bertz CT molecular complexity index is 1080. The normalized spacial score (nSPS) is 22.4. The summed E-state index contributed by atoms with van der Waals surface area (Å²) in [6.07, 6.45) is 16.9. The molecule has 1 rings (SSSR count). The van der Waals surface area contributed by atoms with Crippen LogP contribution in [-0.2, 0) is 4.79 Å². The van der Waals surface area contributed by atoms with E-state index in [0.717, 1.165) is 49.9 Å². The summed E-state index contributed by atoms with van der Waals surface area (Å²) in [4.78, 5) is 19.2. The minimum Gasteiger partial charge on any atom is -0.392 e. The minimum atomic E-state index is -1.03. The van der Waals surface area contributed by atoms with Gasteiger partial charge < -0.3 is 15.3 Å². The molecule has 0 spiro atoms. The summed E-state index contributed by atoms with van der Waals surface area (Å²) in [5.74, 6) is 7.45. The van der Waals surface area contributed by atoms with Gasteiger partial charge in [0.05, 0.1) is 12.1 Å². The molecule has 0 aromatic rings. The van der Waals surface area contributed by atoms with Crippen molar-refractivity contribution in [2.75, 3.05) is 27.2 Å². The van der Waals surface area contributed by atoms with Crippen molar-refractivity contribution in [3.8, 4) is 11.8 Å². The average molecular weight is 594 g/mol. The summed E-state index contributed by atoms with van der Waals surface area (Å²) in [6.45, 7) is 20.3. The van der Waals surface area contributed by atoms with Crippen LogP contribution in [0.2, 0.25) is 0 Å². The first-order chi connectivity index (χ1) is 20.4. The largest absolute Gasteiger partial charge is 0.392 e. The maximum atomic E-state index is 12.6. The number of hydrogen-bond donors (Lipinski definition) is 2. The van der Waals surface area contributed by atoms with E-state index in [9.17, 15) is 9.90 Å². The standard InChI is InChI=1S/C38H63N3O2/c1-12-15-20-36(29(6)21-22-35-27-40-26-33(13-2)25-34(14-3)32(35)9)38(43,30(7)18-16-19-31(8)39-10)23-17-24-41(11)37(42)28(4)5/h18-19,22,25-26,28-29,32-33,36,39,43H,13-14,16-17,20-21,23-24,27H2,1-11H3/b30-18+,31-19?,34-25?,35-22?,40-26-/t29?,32-,33+,36-,38?/m1/s1. The third-order valence-corrected chi connectivity index (χ3v) is 9.39. The second kappa shape index (κ2) is 19.6. The number of hydrogen-bond acceptors (Lipinski definition) is 4. The number of amides is 1. The lowest BCUT2D eigenvalue weighted by molar-refractivity contribution is -0.133. The Labute approximate surface area is 265 Å². The molecule has 242 valence electrons. The van der Waals surface area contributed by atoms with Gasteiger partial charge in [0, 0.05) is 56.7 Å². The first-order valence-electron chi connectivity index (χ1n) is 16.6. The van der Waals surface area contributed by atoms with Crippen molar-refractivity contribution in [3.63, 3.8) is 0 Å². The Kier molecular flexibility index (Phi) is 17.6. The number of aliphatic hydroxyl groups is 1. The number of aliphatic imine (C=N–C) groups is 1. The first kappa shape index (κ1) is 38.4. The van der Waals surface area contributed by atoms with Gasteiger partial charge in [-0.3, -0.25) is 9.79 Å². The van der Waals surface area contributed by atoms with Gasteiger partial charge in [-0.15, -0.1) is 11.8 Å². The van der Waals surface area contributed by atoms with Crippen LogP contribution in [0.4, 0.5) is 0 Å². The fourth-order valence-electron chi connectivity index (χ4n) is 6.08. The molecular weight excluding hydrogens is 530 g/mol. The van der Waals surface area contributed by atoms with Crippen LogP contribution in [-0.4, -0.2) is 54.9 Å². The van der Waals surface area contributed by atoms with Crippen LogP contribution in [0.5, 0.6) is 0 Å². The Morgan fingerprint density at radius 2 is 1.95 bits per heavy atom. The van der Waals surface area contributed by atoms with Gasteiger partial charge in [0.25, 0.3) is 0 Å². The summed E-state index contributed by atoms with van der Waals surface area (Å²) in [6, 6.07) is 0. The summed E-state index contributed by atoms with van der Waals surface area (Å²) >= 11 is 0. The van der Waals surface area contributed by atoms with Crippen molar-refractivity contribution in [2.24, 2.45) is 34.6 Å². The van der Waals surface area contributed by atoms with Crippen molar-refractivity contribution in [1.82, 2.24) is 10.2 Å². The molecule has 1 aliphatic heterocycles. The second-order valence-corrected chi connectivity index (χ2v) is 12.8. The van der Waals surface area contributed by atoms with Crippen molar-refractivity contribution in [1.29, 1.82) is 0 Å². The molecule has 43 heavy (non-hydrogen) atoms. The summed E-state index contributed by atoms with van der Waals surface area (Å²) in [7, 11) is 3.79. The summed E-state index contributed by atoms with van der Waals surface area (Å²) < 4.78 is 0. The topological polar surface area (TPSA) is 64.9 Å². The van der Waals surface area contributed by atoms with Gasteiger partial charge in [-0.2, -0.15) is 0 Å². The molecular formula is C38H63N3O2. The van der Waals surface area contributed by atoms with Gasteiger partial charge in [0.1, 0.15) is 0 Å². The molecule has 0 bridgehead atoms. The monoisotopic (exact) mass is 593 g/mol. The molecule has 1 amide bonds. The van der Waals surface area contributed by atoms with E-state index in [4.69, 9.17) is 4.99 Å². The van der Waals surface area contributed by atoms with Crippen molar-refractivity contribution < 1.29 is 9.90 Å². The maximum absolute atomic E-state index is 12.6. The quantitative estimate of drug-likeness (QED) is 0.140. The molecule has 2 N–H and O–H groups in total. The van der Waals surface area contributed by atoms with Crippen LogP contribution in [0.3, 0.4) is 0 Å². The fraction of sp³-hybridized carbons (Fsp3) is 0.684. The second-order valence-electron chi connectivity index (χ2n) is 12.8. The molecule has 1 aliphatic rings. The Morgan fingerprint density at radius 1 is 1.26 bits per heavy atom. The van der Waals surface area contributed by atoms with E-state index >= 15 is 0 Å². The van der Waals surface area contributed by atoms with Crippen LogP contribution in [0.25, 0.3) is 0 Å². The zero-order valence-corrected chi connectivity index (χ0v) is 29.4. The summed E-state index contributed by atoms with van der Waals surface area (Å²) in [5.41, 5.74) is 3.92. The lowest BCUT2D eigenvalue weighted by Gasteiger charge is -2.40. The summed E-state index contributed by atoms with van der Waals surface area (Å²) in [5, 5.41) is 15.8. The molecule has 5 heteroatoms. The van der Waals surface area contributed by atoms with Crippen LogP contribution < -0.4 is 5.32 Å². The Hall–Kier alpha value is -2.58. The predicted octanol–water partition coefficient (Wildman–Crippen LogP) is 8.14. The third-order valence-electron chi connectivity index (χ3n) is 9.39. The highest BCUT2D eigenvalue weighted by molar-refractivity contribution is 5.77.